The van der Waals surface area contributed by atoms with Crippen molar-refractivity contribution in [3.63, 3.8) is 0 Å². The lowest BCUT2D eigenvalue weighted by Crippen LogP contribution is -2.38. The molecule has 1 heterocycles. The van der Waals surface area contributed by atoms with Gasteiger partial charge >= 0.3 is 0 Å². The second-order valence-corrected chi connectivity index (χ2v) is 3.00. The van der Waals surface area contributed by atoms with Gasteiger partial charge in [-0.3, -0.25) is 4.79 Å². The topological polar surface area (TPSA) is 50.4 Å². The van der Waals surface area contributed by atoms with Crippen molar-refractivity contribution in [1.82, 2.24) is 10.6 Å². The van der Waals surface area contributed by atoms with Gasteiger partial charge in [0.05, 0.1) is 0 Å². The summed E-state index contributed by atoms with van der Waals surface area (Å²) in [7, 11) is 1.57. The van der Waals surface area contributed by atoms with Crippen molar-refractivity contribution in [2.45, 2.75) is 12.8 Å². The molecule has 0 aromatic heterocycles. The van der Waals surface area contributed by atoms with E-state index in [-0.39, 0.29) is 11.8 Å². The Morgan fingerprint density at radius 2 is 2.25 bits per heavy atom. The number of carbonyl (C=O) groups excluding carboxylic acids is 1. The molecule has 4 heteroatoms. The highest BCUT2D eigenvalue weighted by atomic mass is 16.5. The highest BCUT2D eigenvalue weighted by Gasteiger charge is 2.19. The summed E-state index contributed by atoms with van der Waals surface area (Å²) in [4.78, 5) is 11.3. The lowest BCUT2D eigenvalue weighted by Gasteiger charge is -2.21. The van der Waals surface area contributed by atoms with Crippen molar-refractivity contribution in [2.24, 2.45) is 5.92 Å². The molecule has 4 nitrogen and oxygen atoms in total. The molecule has 1 fully saturated rings. The van der Waals surface area contributed by atoms with Crippen LogP contribution in [-0.4, -0.2) is 32.8 Å². The molecule has 70 valence electrons. The van der Waals surface area contributed by atoms with E-state index in [1.165, 1.54) is 0 Å². The van der Waals surface area contributed by atoms with Crippen molar-refractivity contribution in [3.8, 4) is 0 Å². The van der Waals surface area contributed by atoms with E-state index in [0.29, 0.717) is 6.73 Å². The van der Waals surface area contributed by atoms with Crippen LogP contribution in [0.2, 0.25) is 0 Å². The highest BCUT2D eigenvalue weighted by molar-refractivity contribution is 5.78. The van der Waals surface area contributed by atoms with Crippen LogP contribution < -0.4 is 10.6 Å². The lowest BCUT2D eigenvalue weighted by atomic mass is 9.97. The van der Waals surface area contributed by atoms with Gasteiger partial charge in [0.15, 0.2) is 0 Å². The fraction of sp³-hybridized carbons (Fsp3) is 0.875. The van der Waals surface area contributed by atoms with Crippen LogP contribution in [-0.2, 0) is 9.53 Å². The molecule has 0 bridgehead atoms. The minimum Gasteiger partial charge on any atom is -0.364 e. The number of hydrogen-bond donors (Lipinski definition) is 2. The quantitative estimate of drug-likeness (QED) is 0.575. The van der Waals surface area contributed by atoms with E-state index in [4.69, 9.17) is 4.74 Å². The third-order valence-corrected chi connectivity index (χ3v) is 2.10. The molecule has 2 N–H and O–H groups in total. The molecule has 0 aromatic rings. The SMILES string of the molecule is COCNC(=O)C1CCNCC1. The van der Waals surface area contributed by atoms with Crippen molar-refractivity contribution in [1.29, 1.82) is 0 Å². The summed E-state index contributed by atoms with van der Waals surface area (Å²) in [6.45, 7) is 2.22. The van der Waals surface area contributed by atoms with Crippen molar-refractivity contribution in [2.75, 3.05) is 26.9 Å². The Balaban J connectivity index is 2.20. The normalized spacial score (nSPS) is 19.1. The van der Waals surface area contributed by atoms with Gasteiger partial charge in [0.2, 0.25) is 5.91 Å². The fourth-order valence-electron chi connectivity index (χ4n) is 1.37. The summed E-state index contributed by atoms with van der Waals surface area (Å²) in [5.74, 6) is 0.305. The number of hydrogen-bond acceptors (Lipinski definition) is 3. The minimum atomic E-state index is 0.123. The number of methoxy groups -OCH3 is 1. The van der Waals surface area contributed by atoms with Gasteiger partial charge in [-0.25, -0.2) is 0 Å². The summed E-state index contributed by atoms with van der Waals surface area (Å²) in [5.41, 5.74) is 0. The number of amides is 1. The van der Waals surface area contributed by atoms with E-state index >= 15 is 0 Å². The van der Waals surface area contributed by atoms with Gasteiger partial charge in [0.1, 0.15) is 6.73 Å². The molecule has 1 saturated heterocycles. The zero-order valence-electron chi connectivity index (χ0n) is 7.43. The summed E-state index contributed by atoms with van der Waals surface area (Å²) in [6.07, 6.45) is 1.88. The maximum absolute atomic E-state index is 11.3. The second-order valence-electron chi connectivity index (χ2n) is 3.00. The van der Waals surface area contributed by atoms with Gasteiger partial charge in [-0.05, 0) is 25.9 Å². The molecule has 0 aromatic carbocycles. The van der Waals surface area contributed by atoms with Crippen molar-refractivity contribution in [3.05, 3.63) is 0 Å². The van der Waals surface area contributed by atoms with Crippen LogP contribution in [0.25, 0.3) is 0 Å². The first-order valence-corrected chi connectivity index (χ1v) is 4.32. The van der Waals surface area contributed by atoms with Gasteiger partial charge in [0.25, 0.3) is 0 Å². The molecular weight excluding hydrogens is 156 g/mol. The smallest absolute Gasteiger partial charge is 0.224 e. The largest absolute Gasteiger partial charge is 0.364 e. The summed E-state index contributed by atoms with van der Waals surface area (Å²) >= 11 is 0. The van der Waals surface area contributed by atoms with Crippen LogP contribution in [0.5, 0.6) is 0 Å². The summed E-state index contributed by atoms with van der Waals surface area (Å²) in [5, 5.41) is 5.93. The molecule has 0 saturated carbocycles. The predicted molar refractivity (Wildman–Crippen MR) is 45.6 cm³/mol. The average Bonchev–Trinajstić information content (AvgIpc) is 2.15. The van der Waals surface area contributed by atoms with E-state index < -0.39 is 0 Å². The molecule has 1 aliphatic rings. The molecule has 0 atom stereocenters. The van der Waals surface area contributed by atoms with E-state index in [1.54, 1.807) is 7.11 Å². The first kappa shape index (κ1) is 9.48. The van der Waals surface area contributed by atoms with Crippen LogP contribution >= 0.6 is 0 Å². The Kier molecular flexibility index (Phi) is 4.04. The minimum absolute atomic E-state index is 0.123. The highest BCUT2D eigenvalue weighted by Crippen LogP contribution is 2.10. The Morgan fingerprint density at radius 3 is 2.83 bits per heavy atom. The standard InChI is InChI=1S/C8H16N2O2/c1-12-6-10-8(11)7-2-4-9-5-3-7/h7,9H,2-6H2,1H3,(H,10,11). The van der Waals surface area contributed by atoms with E-state index in [1.807, 2.05) is 0 Å². The molecule has 0 aliphatic carbocycles. The van der Waals surface area contributed by atoms with Crippen LogP contribution in [0, 0.1) is 5.92 Å². The van der Waals surface area contributed by atoms with E-state index in [0.717, 1.165) is 25.9 Å². The van der Waals surface area contributed by atoms with E-state index in [9.17, 15) is 4.79 Å². The van der Waals surface area contributed by atoms with Crippen LogP contribution in [0.1, 0.15) is 12.8 Å². The van der Waals surface area contributed by atoms with Crippen molar-refractivity contribution >= 4 is 5.91 Å². The van der Waals surface area contributed by atoms with Gasteiger partial charge in [-0.2, -0.15) is 0 Å². The van der Waals surface area contributed by atoms with Gasteiger partial charge in [-0.1, -0.05) is 0 Å². The Labute approximate surface area is 72.7 Å². The fourth-order valence-corrected chi connectivity index (χ4v) is 1.37. The summed E-state index contributed by atoms with van der Waals surface area (Å²) < 4.78 is 4.76. The third-order valence-electron chi connectivity index (χ3n) is 2.10. The Bertz CT molecular complexity index is 144. The maximum atomic E-state index is 11.3. The lowest BCUT2D eigenvalue weighted by molar-refractivity contribution is -0.127. The third kappa shape index (κ3) is 2.79. The Hall–Kier alpha value is -0.610. The zero-order chi connectivity index (χ0) is 8.81. The van der Waals surface area contributed by atoms with Crippen LogP contribution in [0.3, 0.4) is 0 Å². The number of carbonyl (C=O) groups is 1. The summed E-state index contributed by atoms with van der Waals surface area (Å²) in [6, 6.07) is 0. The average molecular weight is 172 g/mol. The van der Waals surface area contributed by atoms with Crippen LogP contribution in [0.4, 0.5) is 0 Å². The molecule has 0 radical (unpaired) electrons. The first-order chi connectivity index (χ1) is 5.84. The predicted octanol–water partition coefficient (Wildman–Crippen LogP) is -0.294. The first-order valence-electron chi connectivity index (χ1n) is 4.32. The van der Waals surface area contributed by atoms with Gasteiger partial charge in [0, 0.05) is 13.0 Å². The molecule has 0 unspecified atom stereocenters. The maximum Gasteiger partial charge on any atom is 0.224 e. The molecule has 1 amide bonds. The van der Waals surface area contributed by atoms with Crippen LogP contribution in [0.15, 0.2) is 0 Å². The number of piperidine rings is 1. The second kappa shape index (κ2) is 5.11. The number of rotatable bonds is 3. The molecule has 0 spiro atoms. The monoisotopic (exact) mass is 172 g/mol. The molecule has 1 aliphatic heterocycles. The zero-order valence-corrected chi connectivity index (χ0v) is 7.43. The van der Waals surface area contributed by atoms with Gasteiger partial charge in [-0.15, -0.1) is 0 Å². The number of nitrogens with one attached hydrogen (secondary N) is 2. The Morgan fingerprint density at radius 1 is 1.58 bits per heavy atom. The molecule has 12 heavy (non-hydrogen) atoms. The molecule has 1 rings (SSSR count). The van der Waals surface area contributed by atoms with Crippen molar-refractivity contribution < 1.29 is 9.53 Å². The van der Waals surface area contributed by atoms with Gasteiger partial charge < -0.3 is 15.4 Å². The molecular formula is C8H16N2O2. The van der Waals surface area contributed by atoms with E-state index in [2.05, 4.69) is 10.6 Å². The number of ether oxygens (including phenoxy) is 1.